The molecule has 1 aliphatic rings. The van der Waals surface area contributed by atoms with Gasteiger partial charge >= 0.3 is 0 Å². The topological polar surface area (TPSA) is 33.2 Å². The van der Waals surface area contributed by atoms with Crippen LogP contribution in [0.2, 0.25) is 5.02 Å². The number of amides is 1. The summed E-state index contributed by atoms with van der Waals surface area (Å²) in [7, 11) is 0. The molecular weight excluding hydrogens is 320 g/mol. The fourth-order valence-corrected chi connectivity index (χ4v) is 3.51. The van der Waals surface area contributed by atoms with Crippen LogP contribution in [0.5, 0.6) is 0 Å². The Morgan fingerprint density at radius 3 is 2.75 bits per heavy atom. The van der Waals surface area contributed by atoms with Gasteiger partial charge in [0.25, 0.3) is 0 Å². The third kappa shape index (κ3) is 4.15. The number of likely N-dealkylation sites (tertiary alicyclic amines) is 1. The van der Waals surface area contributed by atoms with Crippen molar-refractivity contribution < 1.29 is 4.79 Å². The van der Waals surface area contributed by atoms with Gasteiger partial charge in [-0.25, -0.2) is 0 Å². The van der Waals surface area contributed by atoms with Crippen molar-refractivity contribution in [2.75, 3.05) is 13.1 Å². The predicted octanol–water partition coefficient (Wildman–Crippen LogP) is 4.32. The lowest BCUT2D eigenvalue weighted by Gasteiger charge is -2.33. The number of pyridine rings is 1. The largest absolute Gasteiger partial charge is 0.342 e. The molecule has 0 saturated carbocycles. The average Bonchev–Trinajstić information content (AvgIpc) is 2.61. The van der Waals surface area contributed by atoms with Gasteiger partial charge in [0, 0.05) is 36.4 Å². The fraction of sp³-hybridized carbons (Fsp3) is 0.400. The maximum Gasteiger partial charge on any atom is 0.230 e. The Labute approximate surface area is 148 Å². The second-order valence-electron chi connectivity index (χ2n) is 6.66. The molecule has 0 aliphatic carbocycles. The van der Waals surface area contributed by atoms with E-state index in [9.17, 15) is 4.79 Å². The van der Waals surface area contributed by atoms with Gasteiger partial charge in [-0.3, -0.25) is 9.78 Å². The Bertz CT molecular complexity index is 672. The normalized spacial score (nSPS) is 19.1. The van der Waals surface area contributed by atoms with Crippen LogP contribution in [0.15, 0.2) is 48.7 Å². The molecule has 1 aromatic carbocycles. The van der Waals surface area contributed by atoms with Gasteiger partial charge < -0.3 is 4.90 Å². The van der Waals surface area contributed by atoms with Crippen LogP contribution in [0.25, 0.3) is 0 Å². The van der Waals surface area contributed by atoms with Gasteiger partial charge in [0.1, 0.15) is 0 Å². The highest BCUT2D eigenvalue weighted by Gasteiger charge is 2.29. The maximum atomic E-state index is 13.2. The van der Waals surface area contributed by atoms with Crippen molar-refractivity contribution in [1.82, 2.24) is 9.88 Å². The number of nitrogens with zero attached hydrogens (tertiary/aromatic N) is 2. The monoisotopic (exact) mass is 342 g/mol. The van der Waals surface area contributed by atoms with Crippen molar-refractivity contribution in [3.05, 3.63) is 64.9 Å². The quantitative estimate of drug-likeness (QED) is 0.829. The molecule has 1 aliphatic heterocycles. The number of benzene rings is 1. The summed E-state index contributed by atoms with van der Waals surface area (Å²) in [5.41, 5.74) is 1.95. The lowest BCUT2D eigenvalue weighted by molar-refractivity contribution is -0.134. The van der Waals surface area contributed by atoms with E-state index in [4.69, 9.17) is 11.6 Å². The molecular formula is C20H23ClN2O. The number of carbonyl (C=O) groups is 1. The molecule has 4 heteroatoms. The molecule has 3 nitrogen and oxygen atoms in total. The average molecular weight is 343 g/mol. The second-order valence-corrected chi connectivity index (χ2v) is 7.10. The second kappa shape index (κ2) is 7.80. The van der Waals surface area contributed by atoms with Crippen LogP contribution in [0, 0.1) is 5.92 Å². The van der Waals surface area contributed by atoms with E-state index >= 15 is 0 Å². The Balaban J connectivity index is 1.86. The zero-order valence-corrected chi connectivity index (χ0v) is 14.7. The Kier molecular flexibility index (Phi) is 5.52. The van der Waals surface area contributed by atoms with E-state index in [0.29, 0.717) is 17.4 Å². The van der Waals surface area contributed by atoms with Crippen molar-refractivity contribution in [3.8, 4) is 0 Å². The van der Waals surface area contributed by atoms with E-state index < -0.39 is 0 Å². The van der Waals surface area contributed by atoms with Gasteiger partial charge in [-0.15, -0.1) is 0 Å². The first-order valence-electron chi connectivity index (χ1n) is 8.57. The van der Waals surface area contributed by atoms with Crippen LogP contribution in [-0.2, 0) is 11.2 Å². The highest BCUT2D eigenvalue weighted by molar-refractivity contribution is 6.30. The molecule has 126 valence electrons. The molecule has 3 rings (SSSR count). The van der Waals surface area contributed by atoms with Crippen molar-refractivity contribution >= 4 is 17.5 Å². The van der Waals surface area contributed by atoms with Crippen molar-refractivity contribution in [1.29, 1.82) is 0 Å². The van der Waals surface area contributed by atoms with Gasteiger partial charge in [0.2, 0.25) is 5.91 Å². The highest BCUT2D eigenvalue weighted by Crippen LogP contribution is 2.27. The molecule has 1 saturated heterocycles. The zero-order valence-electron chi connectivity index (χ0n) is 14.0. The van der Waals surface area contributed by atoms with Gasteiger partial charge in [-0.2, -0.15) is 0 Å². The Hall–Kier alpha value is -1.87. The minimum atomic E-state index is -0.206. The van der Waals surface area contributed by atoms with E-state index in [1.54, 1.807) is 6.20 Å². The number of hydrogen-bond acceptors (Lipinski definition) is 2. The third-order valence-electron chi connectivity index (χ3n) is 4.68. The van der Waals surface area contributed by atoms with Gasteiger partial charge in [0.15, 0.2) is 0 Å². The van der Waals surface area contributed by atoms with Crippen LogP contribution >= 0.6 is 11.6 Å². The first-order chi connectivity index (χ1) is 11.6. The smallest absolute Gasteiger partial charge is 0.230 e. The van der Waals surface area contributed by atoms with E-state index in [0.717, 1.165) is 30.8 Å². The molecule has 2 heterocycles. The fourth-order valence-electron chi connectivity index (χ4n) is 3.38. The number of carbonyl (C=O) groups excluding carboxylic acids is 1. The molecule has 0 bridgehead atoms. The van der Waals surface area contributed by atoms with Crippen LogP contribution in [0.1, 0.15) is 36.9 Å². The van der Waals surface area contributed by atoms with Crippen LogP contribution in [0.3, 0.4) is 0 Å². The summed E-state index contributed by atoms with van der Waals surface area (Å²) in [6, 6.07) is 13.5. The summed E-state index contributed by atoms with van der Waals surface area (Å²) < 4.78 is 0. The number of rotatable bonds is 4. The molecule has 0 radical (unpaired) electrons. The summed E-state index contributed by atoms with van der Waals surface area (Å²) in [6.07, 6.45) is 4.69. The summed E-state index contributed by atoms with van der Waals surface area (Å²) in [6.45, 7) is 3.93. The molecule has 2 atom stereocenters. The van der Waals surface area contributed by atoms with Gasteiger partial charge in [-0.05, 0) is 48.6 Å². The number of halogens is 1. The highest BCUT2D eigenvalue weighted by atomic mass is 35.5. The van der Waals surface area contributed by atoms with E-state index in [-0.39, 0.29) is 11.8 Å². The molecule has 1 aromatic heterocycles. The summed E-state index contributed by atoms with van der Waals surface area (Å²) >= 11 is 6.02. The van der Waals surface area contributed by atoms with Gasteiger partial charge in [0.05, 0.1) is 5.92 Å². The molecule has 1 amide bonds. The number of piperidine rings is 1. The maximum absolute atomic E-state index is 13.2. The van der Waals surface area contributed by atoms with Crippen LogP contribution in [-0.4, -0.2) is 28.9 Å². The first-order valence-corrected chi connectivity index (χ1v) is 8.95. The van der Waals surface area contributed by atoms with Gasteiger partial charge in [-0.1, -0.05) is 36.7 Å². The number of aromatic nitrogens is 1. The Morgan fingerprint density at radius 1 is 1.29 bits per heavy atom. The molecule has 1 fully saturated rings. The molecule has 0 N–H and O–H groups in total. The van der Waals surface area contributed by atoms with E-state index in [1.807, 2.05) is 47.4 Å². The minimum Gasteiger partial charge on any atom is -0.342 e. The third-order valence-corrected chi connectivity index (χ3v) is 4.93. The summed E-state index contributed by atoms with van der Waals surface area (Å²) in [5.74, 6) is 0.570. The molecule has 24 heavy (non-hydrogen) atoms. The predicted molar refractivity (Wildman–Crippen MR) is 97.1 cm³/mol. The summed E-state index contributed by atoms with van der Waals surface area (Å²) in [4.78, 5) is 19.6. The van der Waals surface area contributed by atoms with E-state index in [1.165, 1.54) is 6.42 Å². The lowest BCUT2D eigenvalue weighted by Crippen LogP contribution is -2.42. The lowest BCUT2D eigenvalue weighted by atomic mass is 9.90. The van der Waals surface area contributed by atoms with Crippen LogP contribution < -0.4 is 0 Å². The van der Waals surface area contributed by atoms with Crippen molar-refractivity contribution in [2.45, 2.75) is 32.1 Å². The molecule has 0 spiro atoms. The van der Waals surface area contributed by atoms with Crippen molar-refractivity contribution in [3.63, 3.8) is 0 Å². The van der Waals surface area contributed by atoms with Crippen molar-refractivity contribution in [2.24, 2.45) is 5.92 Å². The first kappa shape index (κ1) is 17.0. The minimum absolute atomic E-state index is 0.203. The summed E-state index contributed by atoms with van der Waals surface area (Å²) in [5, 5.41) is 0.689. The Morgan fingerprint density at radius 2 is 2.08 bits per heavy atom. The standard InChI is InChI=1S/C20H23ClN2O/c1-15-5-4-12-23(14-15)20(24)19(13-18-6-2-3-11-22-18)16-7-9-17(21)10-8-16/h2-3,6-11,15,19H,4-5,12-14H2,1H3. The molecule has 2 aromatic rings. The molecule has 2 unspecified atom stereocenters. The number of hydrogen-bond donors (Lipinski definition) is 0. The van der Waals surface area contributed by atoms with E-state index in [2.05, 4.69) is 11.9 Å². The zero-order chi connectivity index (χ0) is 16.9. The van der Waals surface area contributed by atoms with Crippen LogP contribution in [0.4, 0.5) is 0 Å². The SMILES string of the molecule is CC1CCCN(C(=O)C(Cc2ccccn2)c2ccc(Cl)cc2)C1.